The van der Waals surface area contributed by atoms with Gasteiger partial charge < -0.3 is 4.74 Å². The van der Waals surface area contributed by atoms with E-state index in [2.05, 4.69) is 0 Å². The summed E-state index contributed by atoms with van der Waals surface area (Å²) in [6.07, 6.45) is 0. The highest BCUT2D eigenvalue weighted by Gasteiger charge is 2.28. The van der Waals surface area contributed by atoms with Gasteiger partial charge in [0.15, 0.2) is 5.78 Å². The lowest BCUT2D eigenvalue weighted by Crippen LogP contribution is -2.20. The Morgan fingerprint density at radius 2 is 1.43 bits per heavy atom. The average Bonchev–Trinajstić information content (AvgIpc) is 2.59. The first-order chi connectivity index (χ1) is 11.2. The molecule has 0 amide bonds. The molecular formula is C19H10O4. The van der Waals surface area contributed by atoms with Crippen LogP contribution in [0.2, 0.25) is 0 Å². The van der Waals surface area contributed by atoms with Gasteiger partial charge in [-0.25, -0.2) is 9.59 Å². The average molecular weight is 302 g/mol. The number of ether oxygens (including phenoxy) is 1. The Kier molecular flexibility index (Phi) is 2.84. The minimum atomic E-state index is -0.683. The molecule has 0 saturated heterocycles. The molecule has 0 bridgehead atoms. The van der Waals surface area contributed by atoms with Crippen molar-refractivity contribution in [3.05, 3.63) is 82.9 Å². The Balaban J connectivity index is 2.02. The van der Waals surface area contributed by atoms with Gasteiger partial charge in [0.25, 0.3) is 0 Å². The van der Waals surface area contributed by atoms with Crippen molar-refractivity contribution < 1.29 is 19.1 Å². The summed E-state index contributed by atoms with van der Waals surface area (Å²) in [5.41, 5.74) is 1.62. The predicted molar refractivity (Wildman–Crippen MR) is 83.6 cm³/mol. The Morgan fingerprint density at radius 1 is 0.739 bits per heavy atom. The van der Waals surface area contributed by atoms with Gasteiger partial charge in [-0.05, 0) is 23.6 Å². The summed E-state index contributed by atoms with van der Waals surface area (Å²) in [6, 6.07) is 17.0. The molecule has 4 rings (SSSR count). The predicted octanol–water partition coefficient (Wildman–Crippen LogP) is 3.38. The van der Waals surface area contributed by atoms with Crippen molar-refractivity contribution in [2.75, 3.05) is 0 Å². The molecule has 0 radical (unpaired) electrons. The highest BCUT2D eigenvalue weighted by Crippen LogP contribution is 2.31. The monoisotopic (exact) mass is 302 g/mol. The molecule has 3 aromatic rings. The number of benzene rings is 3. The summed E-state index contributed by atoms with van der Waals surface area (Å²) in [4.78, 5) is 36.6. The number of carbonyl (C=O) groups excluding carboxylic acids is 3. The number of hydrogen-bond donors (Lipinski definition) is 0. The summed E-state index contributed by atoms with van der Waals surface area (Å²) < 4.78 is 4.73. The van der Waals surface area contributed by atoms with Gasteiger partial charge in [-0.2, -0.15) is 0 Å². The molecule has 3 aromatic carbocycles. The second kappa shape index (κ2) is 4.88. The Hall–Kier alpha value is -3.27. The largest absolute Gasteiger partial charge is 0.386 e. The first kappa shape index (κ1) is 13.4. The van der Waals surface area contributed by atoms with Crippen LogP contribution in [-0.4, -0.2) is 17.7 Å². The SMILES string of the molecule is O=C(c1ccccc1)c1ccc2c3c(cccc13)C(=O)OC2=O. The number of hydrogen-bond acceptors (Lipinski definition) is 4. The van der Waals surface area contributed by atoms with Crippen LogP contribution in [0.1, 0.15) is 36.6 Å². The number of cyclic esters (lactones) is 2. The first-order valence-corrected chi connectivity index (χ1v) is 7.09. The maximum Gasteiger partial charge on any atom is 0.346 e. The second-order valence-corrected chi connectivity index (χ2v) is 5.26. The van der Waals surface area contributed by atoms with E-state index < -0.39 is 11.9 Å². The van der Waals surface area contributed by atoms with Crippen molar-refractivity contribution in [3.8, 4) is 0 Å². The van der Waals surface area contributed by atoms with Crippen LogP contribution in [0.3, 0.4) is 0 Å². The van der Waals surface area contributed by atoms with Crippen LogP contribution in [-0.2, 0) is 4.74 Å². The van der Waals surface area contributed by atoms with Gasteiger partial charge in [-0.15, -0.1) is 0 Å². The van der Waals surface area contributed by atoms with Crippen LogP contribution in [0.25, 0.3) is 10.8 Å². The van der Waals surface area contributed by atoms with Crippen molar-refractivity contribution in [3.63, 3.8) is 0 Å². The summed E-state index contributed by atoms with van der Waals surface area (Å²) in [5.74, 6) is -1.52. The zero-order valence-electron chi connectivity index (χ0n) is 11.9. The molecule has 4 nitrogen and oxygen atoms in total. The maximum absolute atomic E-state index is 12.8. The van der Waals surface area contributed by atoms with Gasteiger partial charge in [0.05, 0.1) is 11.1 Å². The zero-order valence-corrected chi connectivity index (χ0v) is 11.9. The molecule has 1 aliphatic heterocycles. The molecule has 0 aromatic heterocycles. The van der Waals surface area contributed by atoms with Gasteiger partial charge in [-0.1, -0.05) is 42.5 Å². The van der Waals surface area contributed by atoms with E-state index in [9.17, 15) is 14.4 Å². The van der Waals surface area contributed by atoms with Crippen molar-refractivity contribution in [1.29, 1.82) is 0 Å². The molecule has 0 saturated carbocycles. The highest BCUT2D eigenvalue weighted by molar-refractivity contribution is 6.25. The van der Waals surface area contributed by atoms with E-state index in [1.165, 1.54) is 6.07 Å². The third-order valence-corrected chi connectivity index (χ3v) is 3.95. The van der Waals surface area contributed by atoms with Crippen LogP contribution >= 0.6 is 0 Å². The number of ketones is 1. The van der Waals surface area contributed by atoms with Crippen LogP contribution in [0.5, 0.6) is 0 Å². The molecular weight excluding hydrogens is 292 g/mol. The van der Waals surface area contributed by atoms with Gasteiger partial charge in [0, 0.05) is 16.5 Å². The van der Waals surface area contributed by atoms with Crippen LogP contribution in [0.4, 0.5) is 0 Å². The van der Waals surface area contributed by atoms with E-state index >= 15 is 0 Å². The lowest BCUT2D eigenvalue weighted by molar-refractivity contribution is 0.0391. The van der Waals surface area contributed by atoms with Gasteiger partial charge in [-0.3, -0.25) is 4.79 Å². The van der Waals surface area contributed by atoms with E-state index in [0.717, 1.165) is 0 Å². The van der Waals surface area contributed by atoms with Crippen molar-refractivity contribution in [2.45, 2.75) is 0 Å². The molecule has 1 heterocycles. The topological polar surface area (TPSA) is 60.4 Å². The number of esters is 2. The standard InChI is InChI=1S/C19H10O4/c20-17(11-5-2-1-3-6-11)13-9-10-15-16-12(13)7-4-8-14(16)18(21)23-19(15)22/h1-10H. The van der Waals surface area contributed by atoms with E-state index in [1.807, 2.05) is 6.07 Å². The summed E-state index contributed by atoms with van der Waals surface area (Å²) >= 11 is 0. The maximum atomic E-state index is 12.8. The fourth-order valence-electron chi connectivity index (χ4n) is 2.88. The fourth-order valence-corrected chi connectivity index (χ4v) is 2.88. The number of carbonyl (C=O) groups is 3. The van der Waals surface area contributed by atoms with Gasteiger partial charge in [0.2, 0.25) is 0 Å². The van der Waals surface area contributed by atoms with Crippen LogP contribution < -0.4 is 0 Å². The summed E-state index contributed by atoms with van der Waals surface area (Å²) in [5, 5.41) is 1.06. The minimum absolute atomic E-state index is 0.152. The van der Waals surface area contributed by atoms with Crippen molar-refractivity contribution in [2.24, 2.45) is 0 Å². The highest BCUT2D eigenvalue weighted by atomic mass is 16.6. The molecule has 4 heteroatoms. The Morgan fingerprint density at radius 3 is 2.17 bits per heavy atom. The molecule has 110 valence electrons. The first-order valence-electron chi connectivity index (χ1n) is 7.09. The molecule has 1 aliphatic rings. The molecule has 0 spiro atoms. The van der Waals surface area contributed by atoms with Crippen LogP contribution in [0.15, 0.2) is 60.7 Å². The number of rotatable bonds is 2. The van der Waals surface area contributed by atoms with E-state index in [4.69, 9.17) is 4.74 Å². The van der Waals surface area contributed by atoms with E-state index in [0.29, 0.717) is 33.0 Å². The molecule has 23 heavy (non-hydrogen) atoms. The molecule has 0 N–H and O–H groups in total. The molecule has 0 fully saturated rings. The van der Waals surface area contributed by atoms with E-state index in [1.54, 1.807) is 48.5 Å². The molecule has 0 aliphatic carbocycles. The van der Waals surface area contributed by atoms with Gasteiger partial charge >= 0.3 is 11.9 Å². The third-order valence-electron chi connectivity index (χ3n) is 3.95. The molecule has 0 atom stereocenters. The van der Waals surface area contributed by atoms with Crippen molar-refractivity contribution in [1.82, 2.24) is 0 Å². The Bertz CT molecular complexity index is 967. The van der Waals surface area contributed by atoms with E-state index in [-0.39, 0.29) is 5.78 Å². The smallest absolute Gasteiger partial charge is 0.346 e. The lowest BCUT2D eigenvalue weighted by atomic mass is 9.91. The Labute approximate surface area is 131 Å². The zero-order chi connectivity index (χ0) is 16.0. The third kappa shape index (κ3) is 1.96. The van der Waals surface area contributed by atoms with Crippen LogP contribution in [0, 0.1) is 0 Å². The molecule has 0 unspecified atom stereocenters. The lowest BCUT2D eigenvalue weighted by Gasteiger charge is -2.17. The summed E-state index contributed by atoms with van der Waals surface area (Å²) in [6.45, 7) is 0. The second-order valence-electron chi connectivity index (χ2n) is 5.26. The van der Waals surface area contributed by atoms with Gasteiger partial charge in [0.1, 0.15) is 0 Å². The minimum Gasteiger partial charge on any atom is -0.386 e. The fraction of sp³-hybridized carbons (Fsp3) is 0. The van der Waals surface area contributed by atoms with Crippen molar-refractivity contribution >= 4 is 28.5 Å². The normalized spacial score (nSPS) is 13.0. The quantitative estimate of drug-likeness (QED) is 0.413. The summed E-state index contributed by atoms with van der Waals surface area (Å²) in [7, 11) is 0.